The SMILES string of the molecule is Cc1c(CN=C(N)N2CCCC(C)C2)oc2ccccc12. The minimum Gasteiger partial charge on any atom is -0.459 e. The van der Waals surface area contributed by atoms with E-state index >= 15 is 0 Å². The van der Waals surface area contributed by atoms with Crippen LogP contribution in [0.5, 0.6) is 0 Å². The van der Waals surface area contributed by atoms with E-state index in [9.17, 15) is 0 Å². The van der Waals surface area contributed by atoms with E-state index in [2.05, 4.69) is 29.8 Å². The zero-order valence-corrected chi connectivity index (χ0v) is 12.8. The number of likely N-dealkylation sites (tertiary alicyclic amines) is 1. The van der Waals surface area contributed by atoms with Crippen LogP contribution in [0.3, 0.4) is 0 Å². The van der Waals surface area contributed by atoms with Gasteiger partial charge in [-0.25, -0.2) is 4.99 Å². The fourth-order valence-corrected chi connectivity index (χ4v) is 3.03. The Hall–Kier alpha value is -1.97. The Morgan fingerprint density at radius 2 is 2.24 bits per heavy atom. The summed E-state index contributed by atoms with van der Waals surface area (Å²) >= 11 is 0. The molecule has 0 spiro atoms. The summed E-state index contributed by atoms with van der Waals surface area (Å²) in [5, 5.41) is 1.16. The van der Waals surface area contributed by atoms with Gasteiger partial charge in [-0.2, -0.15) is 0 Å². The van der Waals surface area contributed by atoms with Crippen molar-refractivity contribution in [3.05, 3.63) is 35.6 Å². The van der Waals surface area contributed by atoms with Crippen LogP contribution in [0.15, 0.2) is 33.7 Å². The molecule has 4 nitrogen and oxygen atoms in total. The molecule has 1 aromatic carbocycles. The van der Waals surface area contributed by atoms with Crippen molar-refractivity contribution in [1.82, 2.24) is 4.90 Å². The van der Waals surface area contributed by atoms with Gasteiger partial charge in [0.25, 0.3) is 0 Å². The Labute approximate surface area is 125 Å². The number of piperidine rings is 1. The van der Waals surface area contributed by atoms with E-state index in [-0.39, 0.29) is 0 Å². The van der Waals surface area contributed by atoms with Crippen LogP contribution in [0.4, 0.5) is 0 Å². The van der Waals surface area contributed by atoms with E-state index < -0.39 is 0 Å². The first-order valence-electron chi connectivity index (χ1n) is 7.67. The fourth-order valence-electron chi connectivity index (χ4n) is 3.03. The lowest BCUT2D eigenvalue weighted by molar-refractivity contribution is 0.270. The van der Waals surface area contributed by atoms with Gasteiger partial charge in [0.05, 0.1) is 0 Å². The number of guanidine groups is 1. The first kappa shape index (κ1) is 14.0. The zero-order valence-electron chi connectivity index (χ0n) is 12.8. The maximum absolute atomic E-state index is 6.14. The number of furan rings is 1. The molecule has 1 fully saturated rings. The van der Waals surface area contributed by atoms with Crippen LogP contribution in [0.1, 0.15) is 31.1 Å². The van der Waals surface area contributed by atoms with E-state index in [1.807, 2.05) is 18.2 Å². The summed E-state index contributed by atoms with van der Waals surface area (Å²) in [5.74, 6) is 2.24. The molecule has 0 amide bonds. The van der Waals surface area contributed by atoms with Crippen molar-refractivity contribution in [1.29, 1.82) is 0 Å². The monoisotopic (exact) mass is 285 g/mol. The van der Waals surface area contributed by atoms with Gasteiger partial charge in [-0.1, -0.05) is 25.1 Å². The maximum Gasteiger partial charge on any atom is 0.191 e. The number of fused-ring (bicyclic) bond motifs is 1. The van der Waals surface area contributed by atoms with Crippen molar-refractivity contribution >= 4 is 16.9 Å². The number of rotatable bonds is 2. The molecule has 1 saturated heterocycles. The average molecular weight is 285 g/mol. The molecular formula is C17H23N3O. The molecule has 3 rings (SSSR count). The quantitative estimate of drug-likeness (QED) is 0.680. The van der Waals surface area contributed by atoms with Gasteiger partial charge in [0.1, 0.15) is 17.9 Å². The molecule has 1 atom stereocenters. The van der Waals surface area contributed by atoms with Gasteiger partial charge in [0.15, 0.2) is 5.96 Å². The number of para-hydroxylation sites is 1. The lowest BCUT2D eigenvalue weighted by Crippen LogP contribution is -2.43. The number of aryl methyl sites for hydroxylation is 1. The normalized spacial score (nSPS) is 20.2. The van der Waals surface area contributed by atoms with Crippen LogP contribution < -0.4 is 5.73 Å². The highest BCUT2D eigenvalue weighted by molar-refractivity contribution is 5.82. The summed E-state index contributed by atoms with van der Waals surface area (Å²) in [6.07, 6.45) is 2.48. The largest absolute Gasteiger partial charge is 0.459 e. The molecule has 0 aliphatic carbocycles. The molecule has 112 valence electrons. The molecule has 21 heavy (non-hydrogen) atoms. The lowest BCUT2D eigenvalue weighted by Gasteiger charge is -2.31. The lowest BCUT2D eigenvalue weighted by atomic mass is 10.0. The van der Waals surface area contributed by atoms with Gasteiger partial charge in [0, 0.05) is 24.0 Å². The van der Waals surface area contributed by atoms with Crippen molar-refractivity contribution in [3.8, 4) is 0 Å². The van der Waals surface area contributed by atoms with Crippen LogP contribution in [0.2, 0.25) is 0 Å². The molecule has 0 bridgehead atoms. The summed E-state index contributed by atoms with van der Waals surface area (Å²) in [5.41, 5.74) is 8.22. The molecule has 4 heteroatoms. The predicted molar refractivity (Wildman–Crippen MR) is 86.2 cm³/mol. The van der Waals surface area contributed by atoms with Crippen molar-refractivity contribution in [2.75, 3.05) is 13.1 Å². The average Bonchev–Trinajstić information content (AvgIpc) is 2.82. The summed E-state index contributed by atoms with van der Waals surface area (Å²) in [6, 6.07) is 8.09. The minimum absolute atomic E-state index is 0.511. The molecular weight excluding hydrogens is 262 g/mol. The zero-order chi connectivity index (χ0) is 14.8. The van der Waals surface area contributed by atoms with E-state index in [1.54, 1.807) is 0 Å². The van der Waals surface area contributed by atoms with E-state index in [1.165, 1.54) is 12.8 Å². The molecule has 0 radical (unpaired) electrons. The van der Waals surface area contributed by atoms with Gasteiger partial charge >= 0.3 is 0 Å². The van der Waals surface area contributed by atoms with Crippen molar-refractivity contribution < 1.29 is 4.42 Å². The molecule has 2 heterocycles. The standard InChI is InChI=1S/C17H23N3O/c1-12-6-5-9-20(11-12)17(18)19-10-16-13(2)14-7-3-4-8-15(14)21-16/h3-4,7-8,12H,5-6,9-11H2,1-2H3,(H2,18,19). The van der Waals surface area contributed by atoms with Crippen LogP contribution in [0.25, 0.3) is 11.0 Å². The molecule has 0 saturated carbocycles. The fraction of sp³-hybridized carbons (Fsp3) is 0.471. The maximum atomic E-state index is 6.14. The van der Waals surface area contributed by atoms with Crippen molar-refractivity contribution in [3.63, 3.8) is 0 Å². The molecule has 2 aromatic rings. The smallest absolute Gasteiger partial charge is 0.191 e. The second-order valence-corrected chi connectivity index (χ2v) is 6.01. The number of nitrogens with zero attached hydrogens (tertiary/aromatic N) is 2. The van der Waals surface area contributed by atoms with Crippen molar-refractivity contribution in [2.45, 2.75) is 33.2 Å². The van der Waals surface area contributed by atoms with Crippen molar-refractivity contribution in [2.24, 2.45) is 16.6 Å². The third-order valence-corrected chi connectivity index (χ3v) is 4.31. The summed E-state index contributed by atoms with van der Waals surface area (Å²) in [6.45, 7) is 6.88. The van der Waals surface area contributed by atoms with Crippen LogP contribution in [0, 0.1) is 12.8 Å². The topological polar surface area (TPSA) is 54.8 Å². The van der Waals surface area contributed by atoms with Crippen LogP contribution >= 0.6 is 0 Å². The third kappa shape index (κ3) is 2.89. The molecule has 1 aromatic heterocycles. The summed E-state index contributed by atoms with van der Waals surface area (Å²) < 4.78 is 5.88. The van der Waals surface area contributed by atoms with Gasteiger partial charge in [0.2, 0.25) is 0 Å². The third-order valence-electron chi connectivity index (χ3n) is 4.31. The van der Waals surface area contributed by atoms with Crippen LogP contribution in [-0.4, -0.2) is 23.9 Å². The molecule has 1 unspecified atom stereocenters. The Balaban J connectivity index is 1.75. The number of nitrogens with two attached hydrogens (primary N) is 1. The summed E-state index contributed by atoms with van der Waals surface area (Å²) in [4.78, 5) is 6.72. The Kier molecular flexibility index (Phi) is 3.86. The number of hydrogen-bond acceptors (Lipinski definition) is 2. The summed E-state index contributed by atoms with van der Waals surface area (Å²) in [7, 11) is 0. The van der Waals surface area contributed by atoms with E-state index in [4.69, 9.17) is 10.2 Å². The first-order chi connectivity index (χ1) is 10.1. The molecule has 2 N–H and O–H groups in total. The van der Waals surface area contributed by atoms with Gasteiger partial charge in [-0.15, -0.1) is 0 Å². The Morgan fingerprint density at radius 1 is 1.43 bits per heavy atom. The number of benzene rings is 1. The second kappa shape index (κ2) is 5.80. The van der Waals surface area contributed by atoms with Gasteiger partial charge in [-0.05, 0) is 31.7 Å². The first-order valence-corrected chi connectivity index (χ1v) is 7.67. The minimum atomic E-state index is 0.511. The number of aliphatic imine (C=N–C) groups is 1. The second-order valence-electron chi connectivity index (χ2n) is 6.01. The number of hydrogen-bond donors (Lipinski definition) is 1. The highest BCUT2D eigenvalue weighted by Crippen LogP contribution is 2.25. The highest BCUT2D eigenvalue weighted by atomic mass is 16.3. The molecule has 1 aliphatic rings. The predicted octanol–water partition coefficient (Wildman–Crippen LogP) is 3.29. The van der Waals surface area contributed by atoms with E-state index in [0.717, 1.165) is 35.4 Å². The van der Waals surface area contributed by atoms with Gasteiger partial charge < -0.3 is 15.1 Å². The highest BCUT2D eigenvalue weighted by Gasteiger charge is 2.18. The Morgan fingerprint density at radius 3 is 3.00 bits per heavy atom. The Bertz CT molecular complexity index is 659. The van der Waals surface area contributed by atoms with E-state index in [0.29, 0.717) is 18.4 Å². The molecule has 1 aliphatic heterocycles. The van der Waals surface area contributed by atoms with Gasteiger partial charge in [-0.3, -0.25) is 0 Å². The van der Waals surface area contributed by atoms with Crippen LogP contribution in [-0.2, 0) is 6.54 Å².